The molecular formula is C7H16O2. The van der Waals surface area contributed by atoms with Gasteiger partial charge in [-0.25, -0.2) is 4.89 Å². The van der Waals surface area contributed by atoms with E-state index >= 15 is 0 Å². The first-order chi connectivity index (χ1) is 4.31. The van der Waals surface area contributed by atoms with E-state index in [0.29, 0.717) is 0 Å². The summed E-state index contributed by atoms with van der Waals surface area (Å²) >= 11 is 0. The molecule has 0 aliphatic carbocycles. The first kappa shape index (κ1) is 8.92. The summed E-state index contributed by atoms with van der Waals surface area (Å²) in [5, 5.41) is 8.13. The molecule has 1 N–H and O–H groups in total. The lowest BCUT2D eigenvalue weighted by molar-refractivity contribution is -0.275. The predicted octanol–water partition coefficient (Wildman–Crippen LogP) is 2.44. The van der Waals surface area contributed by atoms with Gasteiger partial charge in [0.05, 0.1) is 6.10 Å². The van der Waals surface area contributed by atoms with E-state index in [1.807, 2.05) is 6.92 Å². The van der Waals surface area contributed by atoms with E-state index in [2.05, 4.69) is 11.8 Å². The topological polar surface area (TPSA) is 29.5 Å². The van der Waals surface area contributed by atoms with E-state index in [-0.39, 0.29) is 6.10 Å². The molecule has 0 heterocycles. The highest BCUT2D eigenvalue weighted by atomic mass is 17.1. The zero-order chi connectivity index (χ0) is 7.11. The summed E-state index contributed by atoms with van der Waals surface area (Å²) in [6, 6.07) is 0. The van der Waals surface area contributed by atoms with Crippen LogP contribution in [0, 0.1) is 0 Å². The van der Waals surface area contributed by atoms with Crippen LogP contribution in [0.4, 0.5) is 0 Å². The van der Waals surface area contributed by atoms with Crippen molar-refractivity contribution in [3.05, 3.63) is 0 Å². The molecule has 1 atom stereocenters. The largest absolute Gasteiger partial charge is 0.252 e. The van der Waals surface area contributed by atoms with E-state index in [9.17, 15) is 0 Å². The van der Waals surface area contributed by atoms with Crippen LogP contribution in [0.3, 0.4) is 0 Å². The number of hydrogen-bond acceptors (Lipinski definition) is 2. The quantitative estimate of drug-likeness (QED) is 0.353. The zero-order valence-electron chi connectivity index (χ0n) is 6.26. The van der Waals surface area contributed by atoms with Crippen LogP contribution in [0.1, 0.15) is 39.5 Å². The van der Waals surface area contributed by atoms with Crippen molar-refractivity contribution in [2.24, 2.45) is 0 Å². The second-order valence-corrected chi connectivity index (χ2v) is 2.41. The smallest absolute Gasteiger partial charge is 0.0899 e. The molecule has 2 heteroatoms. The molecule has 9 heavy (non-hydrogen) atoms. The second kappa shape index (κ2) is 6.05. The van der Waals surface area contributed by atoms with Crippen molar-refractivity contribution in [3.63, 3.8) is 0 Å². The lowest BCUT2D eigenvalue weighted by Crippen LogP contribution is -2.03. The number of hydrogen-bond donors (Lipinski definition) is 1. The maximum absolute atomic E-state index is 8.13. The summed E-state index contributed by atoms with van der Waals surface area (Å²) in [7, 11) is 0. The first-order valence-corrected chi connectivity index (χ1v) is 3.61. The van der Waals surface area contributed by atoms with Gasteiger partial charge in [-0.3, -0.25) is 5.26 Å². The Bertz CT molecular complexity index is 54.9. The summed E-state index contributed by atoms with van der Waals surface area (Å²) in [4.78, 5) is 4.10. The van der Waals surface area contributed by atoms with Crippen LogP contribution in [0.5, 0.6) is 0 Å². The maximum atomic E-state index is 8.13. The Kier molecular flexibility index (Phi) is 5.99. The van der Waals surface area contributed by atoms with Gasteiger partial charge >= 0.3 is 0 Å². The van der Waals surface area contributed by atoms with Crippen molar-refractivity contribution in [3.8, 4) is 0 Å². The van der Waals surface area contributed by atoms with Crippen LogP contribution in [-0.2, 0) is 4.89 Å². The highest BCUT2D eigenvalue weighted by Crippen LogP contribution is 2.04. The van der Waals surface area contributed by atoms with Crippen LogP contribution in [0.25, 0.3) is 0 Å². The van der Waals surface area contributed by atoms with E-state index in [1.165, 1.54) is 12.8 Å². The van der Waals surface area contributed by atoms with Crippen LogP contribution < -0.4 is 0 Å². The minimum Gasteiger partial charge on any atom is -0.252 e. The molecule has 0 radical (unpaired) electrons. The van der Waals surface area contributed by atoms with Crippen LogP contribution in [0.15, 0.2) is 0 Å². The van der Waals surface area contributed by atoms with Gasteiger partial charge < -0.3 is 0 Å². The minimum absolute atomic E-state index is 0.0107. The van der Waals surface area contributed by atoms with Crippen LogP contribution >= 0.6 is 0 Å². The van der Waals surface area contributed by atoms with Crippen molar-refractivity contribution in [1.82, 2.24) is 0 Å². The standard InChI is InChI=1S/C7H16O2/c1-3-4-5-6-7(2)9-8/h7-8H,3-6H2,1-2H3. The van der Waals surface area contributed by atoms with Crippen molar-refractivity contribution in [1.29, 1.82) is 0 Å². The predicted molar refractivity (Wildman–Crippen MR) is 37.3 cm³/mol. The molecule has 0 fully saturated rings. The molecule has 0 saturated carbocycles. The average Bonchev–Trinajstić information content (AvgIpc) is 1.89. The molecule has 56 valence electrons. The normalized spacial score (nSPS) is 13.7. The second-order valence-electron chi connectivity index (χ2n) is 2.41. The van der Waals surface area contributed by atoms with Gasteiger partial charge in [0.15, 0.2) is 0 Å². The first-order valence-electron chi connectivity index (χ1n) is 3.61. The zero-order valence-corrected chi connectivity index (χ0v) is 6.26. The Hall–Kier alpha value is -0.0800. The van der Waals surface area contributed by atoms with Gasteiger partial charge in [-0.15, -0.1) is 0 Å². The van der Waals surface area contributed by atoms with Crippen molar-refractivity contribution >= 4 is 0 Å². The van der Waals surface area contributed by atoms with Gasteiger partial charge in [0.1, 0.15) is 0 Å². The summed E-state index contributed by atoms with van der Waals surface area (Å²) in [5.41, 5.74) is 0. The summed E-state index contributed by atoms with van der Waals surface area (Å²) in [6.45, 7) is 4.03. The van der Waals surface area contributed by atoms with Gasteiger partial charge in [-0.1, -0.05) is 26.2 Å². The number of rotatable bonds is 5. The van der Waals surface area contributed by atoms with E-state index in [1.54, 1.807) is 0 Å². The molecule has 0 aliphatic rings. The van der Waals surface area contributed by atoms with Crippen molar-refractivity contribution in [2.45, 2.75) is 45.6 Å². The molecule has 0 aromatic rings. The Morgan fingerprint density at radius 2 is 2.11 bits per heavy atom. The third-order valence-corrected chi connectivity index (χ3v) is 1.39. The average molecular weight is 132 g/mol. The fourth-order valence-corrected chi connectivity index (χ4v) is 0.734. The monoisotopic (exact) mass is 132 g/mol. The molecule has 0 aromatic heterocycles. The molecule has 0 amide bonds. The van der Waals surface area contributed by atoms with Gasteiger partial charge in [-0.2, -0.15) is 0 Å². The molecule has 0 aromatic carbocycles. The minimum atomic E-state index is 0.0107. The number of unbranched alkanes of at least 4 members (excludes halogenated alkanes) is 2. The lowest BCUT2D eigenvalue weighted by atomic mass is 10.1. The van der Waals surface area contributed by atoms with Gasteiger partial charge in [0.25, 0.3) is 0 Å². The Labute approximate surface area is 56.8 Å². The molecular weight excluding hydrogens is 116 g/mol. The van der Waals surface area contributed by atoms with Gasteiger partial charge in [-0.05, 0) is 13.3 Å². The van der Waals surface area contributed by atoms with E-state index < -0.39 is 0 Å². The van der Waals surface area contributed by atoms with Crippen LogP contribution in [0.2, 0.25) is 0 Å². The molecule has 0 bridgehead atoms. The molecule has 1 unspecified atom stereocenters. The highest BCUT2D eigenvalue weighted by molar-refractivity contribution is 4.47. The molecule has 0 saturated heterocycles. The Balaban J connectivity index is 2.88. The molecule has 0 rings (SSSR count). The molecule has 0 aliphatic heterocycles. The lowest BCUT2D eigenvalue weighted by Gasteiger charge is -2.04. The summed E-state index contributed by atoms with van der Waals surface area (Å²) < 4.78 is 0. The maximum Gasteiger partial charge on any atom is 0.0899 e. The van der Waals surface area contributed by atoms with E-state index in [0.717, 1.165) is 12.8 Å². The Morgan fingerprint density at radius 3 is 2.56 bits per heavy atom. The molecule has 0 spiro atoms. The summed E-state index contributed by atoms with van der Waals surface area (Å²) in [6.07, 6.45) is 4.57. The highest BCUT2D eigenvalue weighted by Gasteiger charge is 1.98. The van der Waals surface area contributed by atoms with Crippen molar-refractivity contribution < 1.29 is 10.1 Å². The summed E-state index contributed by atoms with van der Waals surface area (Å²) in [5.74, 6) is 0. The fourth-order valence-electron chi connectivity index (χ4n) is 0.734. The van der Waals surface area contributed by atoms with Crippen LogP contribution in [-0.4, -0.2) is 11.4 Å². The SMILES string of the molecule is CCCCCC(C)OO. The Morgan fingerprint density at radius 1 is 1.44 bits per heavy atom. The van der Waals surface area contributed by atoms with Crippen molar-refractivity contribution in [2.75, 3.05) is 0 Å². The third-order valence-electron chi connectivity index (χ3n) is 1.39. The van der Waals surface area contributed by atoms with Gasteiger partial charge in [0, 0.05) is 0 Å². The third kappa shape index (κ3) is 5.80. The molecule has 2 nitrogen and oxygen atoms in total. The van der Waals surface area contributed by atoms with Gasteiger partial charge in [0.2, 0.25) is 0 Å². The fraction of sp³-hybridized carbons (Fsp3) is 1.00. The van der Waals surface area contributed by atoms with E-state index in [4.69, 9.17) is 5.26 Å².